The molecule has 3 aromatic rings. The topological polar surface area (TPSA) is 143 Å². The molecule has 0 aliphatic rings. The molecule has 0 radical (unpaired) electrons. The Kier molecular flexibility index (Phi) is 7.49. The maximum atomic E-state index is 12.7. The van der Waals surface area contributed by atoms with Crippen molar-refractivity contribution in [2.45, 2.75) is 18.7 Å². The molecule has 3 aromatic carbocycles. The number of amides is 1. The van der Waals surface area contributed by atoms with Gasteiger partial charge in [-0.2, -0.15) is 5.10 Å². The van der Waals surface area contributed by atoms with Gasteiger partial charge >= 0.3 is 0 Å². The van der Waals surface area contributed by atoms with Gasteiger partial charge in [-0.25, -0.2) is 8.42 Å². The summed E-state index contributed by atoms with van der Waals surface area (Å²) in [4.78, 5) is 21.9. The van der Waals surface area contributed by atoms with Crippen molar-refractivity contribution < 1.29 is 18.1 Å². The Bertz CT molecular complexity index is 1370. The van der Waals surface area contributed by atoms with Crippen molar-refractivity contribution in [1.82, 2.24) is 0 Å². The highest BCUT2D eigenvalue weighted by Crippen LogP contribution is 2.29. The van der Waals surface area contributed by atoms with E-state index in [1.807, 2.05) is 0 Å². The zero-order valence-corrected chi connectivity index (χ0v) is 19.6. The van der Waals surface area contributed by atoms with E-state index in [-0.39, 0.29) is 22.2 Å². The minimum absolute atomic E-state index is 0.00723. The van der Waals surface area contributed by atoms with Crippen molar-refractivity contribution in [2.24, 2.45) is 5.10 Å². The molecule has 12 heteroatoms. The molecular formula is C22H20ClN5O5S. The van der Waals surface area contributed by atoms with Crippen molar-refractivity contribution in [3.63, 3.8) is 0 Å². The number of anilines is 3. The number of hydrazone groups is 1. The fourth-order valence-corrected chi connectivity index (χ4v) is 4.09. The number of nitro benzene ring substituents is 1. The Morgan fingerprint density at radius 2 is 1.71 bits per heavy atom. The molecule has 0 aliphatic carbocycles. The van der Waals surface area contributed by atoms with E-state index in [1.54, 1.807) is 31.2 Å². The van der Waals surface area contributed by atoms with E-state index in [2.05, 4.69) is 20.6 Å². The average Bonchev–Trinajstić information content (AvgIpc) is 2.78. The van der Waals surface area contributed by atoms with Gasteiger partial charge in [-0.3, -0.25) is 25.1 Å². The lowest BCUT2D eigenvalue weighted by atomic mass is 10.1. The monoisotopic (exact) mass is 501 g/mol. The Balaban J connectivity index is 1.85. The zero-order valence-electron chi connectivity index (χ0n) is 18.1. The Morgan fingerprint density at radius 3 is 2.35 bits per heavy atom. The summed E-state index contributed by atoms with van der Waals surface area (Å²) in [6, 6.07) is 16.3. The molecule has 0 saturated carbocycles. The Hall–Kier alpha value is -3.96. The van der Waals surface area contributed by atoms with E-state index in [0.29, 0.717) is 22.0 Å². The van der Waals surface area contributed by atoms with Gasteiger partial charge in [0.25, 0.3) is 15.7 Å². The van der Waals surface area contributed by atoms with Gasteiger partial charge < -0.3 is 5.32 Å². The third-order valence-electron chi connectivity index (χ3n) is 4.52. The lowest BCUT2D eigenvalue weighted by molar-refractivity contribution is -0.384. The first-order valence-electron chi connectivity index (χ1n) is 9.80. The number of rotatable bonds is 8. The van der Waals surface area contributed by atoms with E-state index in [4.69, 9.17) is 11.6 Å². The molecule has 10 nitrogen and oxygen atoms in total. The summed E-state index contributed by atoms with van der Waals surface area (Å²) in [7, 11) is -4.08. The fraction of sp³-hybridized carbons (Fsp3) is 0.0909. The van der Waals surface area contributed by atoms with E-state index in [1.165, 1.54) is 43.3 Å². The van der Waals surface area contributed by atoms with Gasteiger partial charge in [-0.15, -0.1) is 0 Å². The van der Waals surface area contributed by atoms with Gasteiger partial charge in [0.05, 0.1) is 15.5 Å². The predicted molar refractivity (Wildman–Crippen MR) is 132 cm³/mol. The first-order valence-corrected chi connectivity index (χ1v) is 11.7. The maximum absolute atomic E-state index is 12.7. The second-order valence-corrected chi connectivity index (χ2v) is 9.24. The second kappa shape index (κ2) is 10.3. The lowest BCUT2D eigenvalue weighted by Crippen LogP contribution is -2.13. The number of sulfonamides is 1. The minimum Gasteiger partial charge on any atom is -0.326 e. The second-order valence-electron chi connectivity index (χ2n) is 7.12. The van der Waals surface area contributed by atoms with Crippen LogP contribution < -0.4 is 15.5 Å². The van der Waals surface area contributed by atoms with E-state index < -0.39 is 20.6 Å². The molecule has 0 saturated heterocycles. The number of hydrogen-bond donors (Lipinski definition) is 3. The van der Waals surface area contributed by atoms with Crippen LogP contribution in [0.1, 0.15) is 19.4 Å². The summed E-state index contributed by atoms with van der Waals surface area (Å²) in [5.41, 5.74) is 4.15. The van der Waals surface area contributed by atoms with Crippen LogP contribution in [-0.2, 0) is 14.8 Å². The van der Waals surface area contributed by atoms with Gasteiger partial charge in [0.2, 0.25) is 5.91 Å². The van der Waals surface area contributed by atoms with Crippen LogP contribution in [0.2, 0.25) is 5.02 Å². The molecule has 3 rings (SSSR count). The van der Waals surface area contributed by atoms with E-state index in [9.17, 15) is 23.3 Å². The highest BCUT2D eigenvalue weighted by molar-refractivity contribution is 7.92. The number of nitrogens with one attached hydrogen (secondary N) is 3. The van der Waals surface area contributed by atoms with E-state index >= 15 is 0 Å². The van der Waals surface area contributed by atoms with Crippen LogP contribution in [-0.4, -0.2) is 25.0 Å². The molecule has 0 heterocycles. The van der Waals surface area contributed by atoms with Gasteiger partial charge in [0.15, 0.2) is 0 Å². The third-order valence-corrected chi connectivity index (χ3v) is 6.15. The molecule has 0 atom stereocenters. The lowest BCUT2D eigenvalue weighted by Gasteiger charge is -2.10. The van der Waals surface area contributed by atoms with E-state index in [0.717, 1.165) is 6.07 Å². The molecular weight excluding hydrogens is 482 g/mol. The van der Waals surface area contributed by atoms with Crippen molar-refractivity contribution in [2.75, 3.05) is 15.5 Å². The maximum Gasteiger partial charge on any atom is 0.295 e. The highest BCUT2D eigenvalue weighted by Gasteiger charge is 2.21. The van der Waals surface area contributed by atoms with Crippen LogP contribution in [0.4, 0.5) is 22.7 Å². The minimum atomic E-state index is -4.08. The molecule has 3 N–H and O–H groups in total. The molecule has 0 unspecified atom stereocenters. The number of hydrogen-bond acceptors (Lipinski definition) is 7. The molecule has 0 fully saturated rings. The van der Waals surface area contributed by atoms with Gasteiger partial charge in [-0.1, -0.05) is 23.7 Å². The smallest absolute Gasteiger partial charge is 0.295 e. The SMILES string of the molecule is CC(=O)Nc1cccc(C(C)=NNc2ccc(S(=O)(=O)Nc3ccc(Cl)cc3)cc2[N+](=O)[O-])c1. The largest absolute Gasteiger partial charge is 0.326 e. The third kappa shape index (κ3) is 6.30. The summed E-state index contributed by atoms with van der Waals surface area (Å²) < 4.78 is 27.7. The average molecular weight is 502 g/mol. The van der Waals surface area contributed by atoms with Crippen LogP contribution in [0.15, 0.2) is 76.7 Å². The Morgan fingerprint density at radius 1 is 1.00 bits per heavy atom. The normalized spacial score (nSPS) is 11.6. The first kappa shape index (κ1) is 24.7. The summed E-state index contributed by atoms with van der Waals surface area (Å²) in [6.07, 6.45) is 0. The van der Waals surface area contributed by atoms with Crippen LogP contribution in [0, 0.1) is 10.1 Å². The molecule has 0 bridgehead atoms. The van der Waals surface area contributed by atoms with Gasteiger partial charge in [0, 0.05) is 29.4 Å². The zero-order chi connectivity index (χ0) is 24.9. The molecule has 0 aliphatic heterocycles. The fourth-order valence-electron chi connectivity index (χ4n) is 2.89. The van der Waals surface area contributed by atoms with Crippen LogP contribution in [0.5, 0.6) is 0 Å². The van der Waals surface area contributed by atoms with Crippen molar-refractivity contribution >= 4 is 56.0 Å². The number of benzene rings is 3. The Labute approximate surface area is 200 Å². The molecule has 0 spiro atoms. The number of carbonyl (C=O) groups is 1. The highest BCUT2D eigenvalue weighted by atomic mass is 35.5. The number of nitrogens with zero attached hydrogens (tertiary/aromatic N) is 2. The summed E-state index contributed by atoms with van der Waals surface area (Å²) in [5.74, 6) is -0.221. The number of halogens is 1. The molecule has 1 amide bonds. The standard InChI is InChI=1S/C22H20ClN5O5S/c1-14(16-4-3-5-19(12-16)24-15(2)29)25-26-21-11-10-20(13-22(21)28(30)31)34(32,33)27-18-8-6-17(23)7-9-18/h3-13,26-27H,1-2H3,(H,24,29). The predicted octanol–water partition coefficient (Wildman–Crippen LogP) is 4.84. The number of carbonyl (C=O) groups excluding carboxylic acids is 1. The summed E-state index contributed by atoms with van der Waals surface area (Å²) in [6.45, 7) is 3.07. The van der Waals surface area contributed by atoms with Gasteiger partial charge in [-0.05, 0) is 61.0 Å². The van der Waals surface area contributed by atoms with Crippen LogP contribution in [0.3, 0.4) is 0 Å². The summed E-state index contributed by atoms with van der Waals surface area (Å²) >= 11 is 5.81. The van der Waals surface area contributed by atoms with Crippen molar-refractivity contribution in [3.8, 4) is 0 Å². The first-order chi connectivity index (χ1) is 16.0. The van der Waals surface area contributed by atoms with Crippen molar-refractivity contribution in [1.29, 1.82) is 0 Å². The number of nitro groups is 1. The van der Waals surface area contributed by atoms with Crippen LogP contribution >= 0.6 is 11.6 Å². The molecule has 176 valence electrons. The van der Waals surface area contributed by atoms with Crippen LogP contribution in [0.25, 0.3) is 0 Å². The van der Waals surface area contributed by atoms with Crippen molar-refractivity contribution in [3.05, 3.63) is 87.4 Å². The molecule has 0 aromatic heterocycles. The quantitative estimate of drug-likeness (QED) is 0.229. The molecule has 34 heavy (non-hydrogen) atoms. The summed E-state index contributed by atoms with van der Waals surface area (Å²) in [5, 5.41) is 18.9. The van der Waals surface area contributed by atoms with Gasteiger partial charge in [0.1, 0.15) is 5.69 Å².